The maximum Gasteiger partial charge on any atom is 0.259 e. The van der Waals surface area contributed by atoms with Crippen LogP contribution in [0.5, 0.6) is 0 Å². The molecule has 5 nitrogen and oxygen atoms in total. The summed E-state index contributed by atoms with van der Waals surface area (Å²) in [5.74, 6) is -0.380. The molecular weight excluding hydrogens is 408 g/mol. The number of amides is 1. The molecule has 7 heteroatoms. The number of sulfonamides is 1. The number of hydrogen-bond acceptors (Lipinski definition) is 3. The molecule has 3 aromatic rings. The van der Waals surface area contributed by atoms with E-state index in [4.69, 9.17) is 11.6 Å². The smallest absolute Gasteiger partial charge is 0.259 e. The number of rotatable bonds is 5. The predicted octanol–water partition coefficient (Wildman–Crippen LogP) is 4.80. The fraction of sp³-hybridized carbons (Fsp3) is 0.227. The van der Waals surface area contributed by atoms with E-state index in [0.29, 0.717) is 5.69 Å². The normalized spacial score (nSPS) is 12.0. The number of carbonyl (C=O) groups is 1. The van der Waals surface area contributed by atoms with Gasteiger partial charge in [0.1, 0.15) is 0 Å². The summed E-state index contributed by atoms with van der Waals surface area (Å²) in [4.78, 5) is 14.6. The number of anilines is 1. The third kappa shape index (κ3) is 4.15. The van der Waals surface area contributed by atoms with Crippen molar-refractivity contribution in [2.24, 2.45) is 0 Å². The number of fused-ring (bicyclic) bond motifs is 1. The van der Waals surface area contributed by atoms with Crippen LogP contribution in [0, 0.1) is 0 Å². The molecule has 0 heterocycles. The Bertz CT molecular complexity index is 1180. The van der Waals surface area contributed by atoms with Crippen LogP contribution < -0.4 is 4.90 Å². The Morgan fingerprint density at radius 2 is 1.59 bits per heavy atom. The Hall–Kier alpha value is -2.41. The standard InChI is InChI=1S/C22H23ClN2O3S/c1-15(2)25(4)29(27,28)19-11-12-21(23)20(14-19)22(26)24(3)18-10-9-16-7-5-6-8-17(16)13-18/h5-15H,1-4H3. The molecule has 0 aliphatic carbocycles. The molecule has 0 unspecified atom stereocenters. The Labute approximate surface area is 176 Å². The topological polar surface area (TPSA) is 57.7 Å². The van der Waals surface area contributed by atoms with Gasteiger partial charge in [0.2, 0.25) is 10.0 Å². The molecule has 0 saturated carbocycles. The van der Waals surface area contributed by atoms with Crippen molar-refractivity contribution < 1.29 is 13.2 Å². The van der Waals surface area contributed by atoms with Gasteiger partial charge in [0, 0.05) is 25.8 Å². The van der Waals surface area contributed by atoms with Crippen LogP contribution in [0.15, 0.2) is 65.6 Å². The van der Waals surface area contributed by atoms with E-state index in [1.807, 2.05) is 42.5 Å². The van der Waals surface area contributed by atoms with Gasteiger partial charge >= 0.3 is 0 Å². The molecule has 0 aliphatic rings. The van der Waals surface area contributed by atoms with Gasteiger partial charge in [-0.2, -0.15) is 4.31 Å². The molecule has 0 radical (unpaired) electrons. The highest BCUT2D eigenvalue weighted by atomic mass is 35.5. The van der Waals surface area contributed by atoms with Crippen molar-refractivity contribution in [3.63, 3.8) is 0 Å². The third-order valence-electron chi connectivity index (χ3n) is 5.00. The van der Waals surface area contributed by atoms with Gasteiger partial charge < -0.3 is 4.90 Å². The highest BCUT2D eigenvalue weighted by molar-refractivity contribution is 7.89. The molecule has 0 fully saturated rings. The minimum Gasteiger partial charge on any atom is -0.311 e. The number of benzene rings is 3. The summed E-state index contributed by atoms with van der Waals surface area (Å²) in [5, 5.41) is 2.28. The molecule has 0 aromatic heterocycles. The molecule has 152 valence electrons. The van der Waals surface area contributed by atoms with E-state index in [2.05, 4.69) is 0 Å². The quantitative estimate of drug-likeness (QED) is 0.584. The van der Waals surface area contributed by atoms with Gasteiger partial charge in [-0.05, 0) is 55.0 Å². The summed E-state index contributed by atoms with van der Waals surface area (Å²) in [6.45, 7) is 3.57. The molecule has 0 aliphatic heterocycles. The second-order valence-corrected chi connectivity index (χ2v) is 9.56. The largest absolute Gasteiger partial charge is 0.311 e. The molecule has 0 N–H and O–H groups in total. The zero-order chi connectivity index (χ0) is 21.3. The summed E-state index contributed by atoms with van der Waals surface area (Å²) in [6, 6.07) is 17.6. The Balaban J connectivity index is 1.99. The average molecular weight is 431 g/mol. The van der Waals surface area contributed by atoms with Gasteiger partial charge in [-0.25, -0.2) is 8.42 Å². The number of hydrogen-bond donors (Lipinski definition) is 0. The molecule has 1 amide bonds. The van der Waals surface area contributed by atoms with Crippen molar-refractivity contribution >= 4 is 44.0 Å². The van der Waals surface area contributed by atoms with Crippen LogP contribution in [-0.4, -0.2) is 38.8 Å². The lowest BCUT2D eigenvalue weighted by Gasteiger charge is -2.22. The van der Waals surface area contributed by atoms with Crippen LogP contribution >= 0.6 is 11.6 Å². The second kappa shape index (κ2) is 8.14. The highest BCUT2D eigenvalue weighted by Gasteiger charge is 2.26. The minimum absolute atomic E-state index is 0.0355. The Morgan fingerprint density at radius 3 is 2.24 bits per heavy atom. The molecule has 3 rings (SSSR count). The third-order valence-corrected chi connectivity index (χ3v) is 7.36. The molecule has 0 bridgehead atoms. The van der Waals surface area contributed by atoms with Crippen molar-refractivity contribution in [1.29, 1.82) is 0 Å². The first kappa shape index (κ1) is 21.3. The van der Waals surface area contributed by atoms with E-state index in [1.54, 1.807) is 20.9 Å². The van der Waals surface area contributed by atoms with E-state index >= 15 is 0 Å². The van der Waals surface area contributed by atoms with Gasteiger partial charge in [-0.1, -0.05) is 41.9 Å². The lowest BCUT2D eigenvalue weighted by atomic mass is 10.1. The first-order valence-electron chi connectivity index (χ1n) is 9.17. The molecule has 0 atom stereocenters. The van der Waals surface area contributed by atoms with Crippen LogP contribution in [-0.2, 0) is 10.0 Å². The monoisotopic (exact) mass is 430 g/mol. The first-order chi connectivity index (χ1) is 13.6. The summed E-state index contributed by atoms with van der Waals surface area (Å²) < 4.78 is 26.9. The van der Waals surface area contributed by atoms with E-state index < -0.39 is 10.0 Å². The maximum atomic E-state index is 13.1. The number of halogens is 1. The average Bonchev–Trinajstić information content (AvgIpc) is 2.71. The minimum atomic E-state index is -3.73. The fourth-order valence-corrected chi connectivity index (χ4v) is 4.55. The van der Waals surface area contributed by atoms with Crippen LogP contribution in [0.3, 0.4) is 0 Å². The zero-order valence-corrected chi connectivity index (χ0v) is 18.3. The maximum absolute atomic E-state index is 13.1. The number of nitrogens with zero attached hydrogens (tertiary/aromatic N) is 2. The molecule has 29 heavy (non-hydrogen) atoms. The van der Waals surface area contributed by atoms with E-state index in [9.17, 15) is 13.2 Å². The lowest BCUT2D eigenvalue weighted by molar-refractivity contribution is 0.0993. The highest BCUT2D eigenvalue weighted by Crippen LogP contribution is 2.27. The van der Waals surface area contributed by atoms with Crippen LogP contribution in [0.25, 0.3) is 10.8 Å². The van der Waals surface area contributed by atoms with Gasteiger partial charge in [-0.3, -0.25) is 4.79 Å². The summed E-state index contributed by atoms with van der Waals surface area (Å²) in [5.41, 5.74) is 0.831. The molecular formula is C22H23ClN2O3S. The van der Waals surface area contributed by atoms with Crippen LogP contribution in [0.2, 0.25) is 5.02 Å². The van der Waals surface area contributed by atoms with Crippen molar-refractivity contribution in [1.82, 2.24) is 4.31 Å². The van der Waals surface area contributed by atoms with Gasteiger partial charge in [-0.15, -0.1) is 0 Å². The number of carbonyl (C=O) groups excluding carboxylic acids is 1. The van der Waals surface area contributed by atoms with Crippen molar-refractivity contribution in [2.45, 2.75) is 24.8 Å². The zero-order valence-electron chi connectivity index (χ0n) is 16.8. The molecule has 3 aromatic carbocycles. The van der Waals surface area contributed by atoms with E-state index in [1.165, 1.54) is 34.5 Å². The van der Waals surface area contributed by atoms with Crippen molar-refractivity contribution in [3.8, 4) is 0 Å². The first-order valence-corrected chi connectivity index (χ1v) is 11.0. The Kier molecular flexibility index (Phi) is 5.98. The fourth-order valence-electron chi connectivity index (χ4n) is 2.96. The SMILES string of the molecule is CC(C)N(C)S(=O)(=O)c1ccc(Cl)c(C(=O)N(C)c2ccc3ccccc3c2)c1. The van der Waals surface area contributed by atoms with E-state index in [-0.39, 0.29) is 27.4 Å². The summed E-state index contributed by atoms with van der Waals surface area (Å²) in [7, 11) is -0.572. The predicted molar refractivity (Wildman–Crippen MR) is 118 cm³/mol. The Morgan fingerprint density at radius 1 is 0.931 bits per heavy atom. The van der Waals surface area contributed by atoms with Crippen LogP contribution in [0.1, 0.15) is 24.2 Å². The lowest BCUT2D eigenvalue weighted by Crippen LogP contribution is -2.33. The van der Waals surface area contributed by atoms with Gasteiger partial charge in [0.15, 0.2) is 0 Å². The van der Waals surface area contributed by atoms with Crippen LogP contribution in [0.4, 0.5) is 5.69 Å². The molecule has 0 saturated heterocycles. The van der Waals surface area contributed by atoms with Crippen molar-refractivity contribution in [3.05, 3.63) is 71.2 Å². The summed E-state index contributed by atoms with van der Waals surface area (Å²) >= 11 is 6.25. The van der Waals surface area contributed by atoms with E-state index in [0.717, 1.165) is 10.8 Å². The van der Waals surface area contributed by atoms with Gasteiger partial charge in [0.05, 0.1) is 15.5 Å². The summed E-state index contributed by atoms with van der Waals surface area (Å²) in [6.07, 6.45) is 0. The molecule has 0 spiro atoms. The van der Waals surface area contributed by atoms with Crippen molar-refractivity contribution in [2.75, 3.05) is 19.0 Å². The second-order valence-electron chi connectivity index (χ2n) is 7.15. The van der Waals surface area contributed by atoms with Gasteiger partial charge in [0.25, 0.3) is 5.91 Å².